The largest absolute Gasteiger partial charge is 0.379 e. The number of carbonyl (C=O) groups excluding carboxylic acids is 1. The third kappa shape index (κ3) is 4.14. The molecule has 2 saturated heterocycles. The number of amides is 2. The van der Waals surface area contributed by atoms with Crippen LogP contribution < -0.4 is 5.32 Å². The van der Waals surface area contributed by atoms with Gasteiger partial charge in [-0.25, -0.2) is 4.79 Å². The Kier molecular flexibility index (Phi) is 5.33. The summed E-state index contributed by atoms with van der Waals surface area (Å²) in [5.41, 5.74) is 1.36. The zero-order valence-electron chi connectivity index (χ0n) is 14.7. The fraction of sp³-hybridized carbons (Fsp3) is 0.556. The number of fused-ring (bicyclic) bond motifs is 1. The number of benzene rings is 1. The molecule has 1 aromatic carbocycles. The van der Waals surface area contributed by atoms with Gasteiger partial charge in [0, 0.05) is 56.5 Å². The van der Waals surface area contributed by atoms with Crippen molar-refractivity contribution in [1.29, 1.82) is 0 Å². The third-order valence-electron chi connectivity index (χ3n) is 4.81. The van der Waals surface area contributed by atoms with Crippen molar-refractivity contribution in [2.75, 3.05) is 57.9 Å². The van der Waals surface area contributed by atoms with Crippen LogP contribution in [-0.4, -0.2) is 79.6 Å². The molecule has 8 heteroatoms. The van der Waals surface area contributed by atoms with E-state index in [1.54, 1.807) is 12.3 Å². The number of aromatic nitrogens is 1. The van der Waals surface area contributed by atoms with E-state index in [-0.39, 0.29) is 12.1 Å². The van der Waals surface area contributed by atoms with Crippen LogP contribution in [0.4, 0.5) is 10.5 Å². The predicted molar refractivity (Wildman–Crippen MR) is 96.2 cm³/mol. The van der Waals surface area contributed by atoms with Gasteiger partial charge in [0.05, 0.1) is 25.5 Å². The van der Waals surface area contributed by atoms with Crippen molar-refractivity contribution in [2.24, 2.45) is 0 Å². The molecule has 2 fully saturated rings. The molecule has 1 atom stereocenters. The highest BCUT2D eigenvalue weighted by atomic mass is 16.5. The standard InChI is InChI=1S/C18H24N4O4/c23-18(20-15-3-2-14-11-19-26-17(14)10-15)22-4-1-7-25-16(13-22)12-21-5-8-24-9-6-21/h2-3,10-11,16H,1,4-9,12-13H2,(H,20,23)/t16-/m1/s1. The maximum absolute atomic E-state index is 12.7. The zero-order valence-corrected chi connectivity index (χ0v) is 14.7. The van der Waals surface area contributed by atoms with Gasteiger partial charge in [-0.2, -0.15) is 0 Å². The highest BCUT2D eigenvalue weighted by molar-refractivity contribution is 5.92. The van der Waals surface area contributed by atoms with Crippen LogP contribution in [0.3, 0.4) is 0 Å². The molecule has 0 spiro atoms. The molecule has 0 aliphatic carbocycles. The van der Waals surface area contributed by atoms with E-state index in [2.05, 4.69) is 15.4 Å². The predicted octanol–water partition coefficient (Wildman–Crippen LogP) is 1.78. The minimum absolute atomic E-state index is 0.0260. The van der Waals surface area contributed by atoms with Crippen LogP contribution in [0.2, 0.25) is 0 Å². The first-order valence-corrected chi connectivity index (χ1v) is 9.10. The number of ether oxygens (including phenoxy) is 2. The summed E-state index contributed by atoms with van der Waals surface area (Å²) >= 11 is 0. The van der Waals surface area contributed by atoms with Crippen LogP contribution >= 0.6 is 0 Å². The van der Waals surface area contributed by atoms with Crippen molar-refractivity contribution in [3.8, 4) is 0 Å². The van der Waals surface area contributed by atoms with Crippen molar-refractivity contribution in [3.63, 3.8) is 0 Å². The number of hydrogen-bond donors (Lipinski definition) is 1. The number of nitrogens with zero attached hydrogens (tertiary/aromatic N) is 3. The number of urea groups is 1. The van der Waals surface area contributed by atoms with Crippen molar-refractivity contribution in [3.05, 3.63) is 24.4 Å². The summed E-state index contributed by atoms with van der Waals surface area (Å²) in [6.45, 7) is 6.16. The first-order chi connectivity index (χ1) is 12.8. The Morgan fingerprint density at radius 3 is 3.00 bits per heavy atom. The molecule has 0 saturated carbocycles. The molecule has 26 heavy (non-hydrogen) atoms. The van der Waals surface area contributed by atoms with E-state index >= 15 is 0 Å². The Balaban J connectivity index is 1.37. The lowest BCUT2D eigenvalue weighted by atomic mass is 10.2. The van der Waals surface area contributed by atoms with E-state index in [1.165, 1.54) is 0 Å². The summed E-state index contributed by atoms with van der Waals surface area (Å²) in [6.07, 6.45) is 2.52. The average Bonchev–Trinajstić information content (AvgIpc) is 3.00. The van der Waals surface area contributed by atoms with Gasteiger partial charge in [-0.1, -0.05) is 5.16 Å². The summed E-state index contributed by atoms with van der Waals surface area (Å²) < 4.78 is 16.5. The van der Waals surface area contributed by atoms with Crippen molar-refractivity contribution in [1.82, 2.24) is 15.0 Å². The van der Waals surface area contributed by atoms with Gasteiger partial charge in [0.2, 0.25) is 0 Å². The summed E-state index contributed by atoms with van der Waals surface area (Å²) in [4.78, 5) is 16.9. The average molecular weight is 360 g/mol. The van der Waals surface area contributed by atoms with E-state index in [0.717, 1.165) is 44.7 Å². The Bertz CT molecular complexity index is 744. The second kappa shape index (κ2) is 8.03. The van der Waals surface area contributed by atoms with E-state index in [4.69, 9.17) is 14.0 Å². The molecule has 2 aliphatic rings. The molecule has 2 aliphatic heterocycles. The molecule has 4 rings (SSSR count). The number of carbonyl (C=O) groups is 1. The molecule has 140 valence electrons. The fourth-order valence-electron chi connectivity index (χ4n) is 3.40. The lowest BCUT2D eigenvalue weighted by Crippen LogP contribution is -2.46. The maximum atomic E-state index is 12.7. The van der Waals surface area contributed by atoms with Crippen molar-refractivity contribution in [2.45, 2.75) is 12.5 Å². The van der Waals surface area contributed by atoms with E-state index in [0.29, 0.717) is 31.0 Å². The number of nitrogens with one attached hydrogen (secondary N) is 1. The van der Waals surface area contributed by atoms with Gasteiger partial charge < -0.3 is 24.2 Å². The molecule has 1 N–H and O–H groups in total. The maximum Gasteiger partial charge on any atom is 0.321 e. The van der Waals surface area contributed by atoms with Crippen molar-refractivity contribution >= 4 is 22.7 Å². The fourth-order valence-corrected chi connectivity index (χ4v) is 3.40. The summed E-state index contributed by atoms with van der Waals surface area (Å²) in [5.74, 6) is 0. The minimum Gasteiger partial charge on any atom is -0.379 e. The molecule has 8 nitrogen and oxygen atoms in total. The van der Waals surface area contributed by atoms with Crippen LogP contribution in [-0.2, 0) is 9.47 Å². The summed E-state index contributed by atoms with van der Waals surface area (Å²) in [6, 6.07) is 5.42. The molecule has 2 amide bonds. The monoisotopic (exact) mass is 360 g/mol. The molecule has 3 heterocycles. The van der Waals surface area contributed by atoms with Gasteiger partial charge in [-0.05, 0) is 18.6 Å². The van der Waals surface area contributed by atoms with Gasteiger partial charge in [-0.3, -0.25) is 4.90 Å². The Morgan fingerprint density at radius 2 is 2.12 bits per heavy atom. The minimum atomic E-state index is -0.110. The van der Waals surface area contributed by atoms with Crippen LogP contribution in [0.1, 0.15) is 6.42 Å². The van der Waals surface area contributed by atoms with Gasteiger partial charge in [0.15, 0.2) is 5.58 Å². The summed E-state index contributed by atoms with van der Waals surface area (Å²) in [7, 11) is 0. The molecule has 0 unspecified atom stereocenters. The Labute approximate surface area is 152 Å². The normalized spacial score (nSPS) is 22.3. The molecule has 0 radical (unpaired) electrons. The summed E-state index contributed by atoms with van der Waals surface area (Å²) in [5, 5.41) is 7.63. The van der Waals surface area contributed by atoms with E-state index in [1.807, 2.05) is 17.0 Å². The second-order valence-corrected chi connectivity index (χ2v) is 6.71. The first-order valence-electron chi connectivity index (χ1n) is 9.10. The molecule has 2 aromatic rings. The first kappa shape index (κ1) is 17.3. The number of anilines is 1. The second-order valence-electron chi connectivity index (χ2n) is 6.71. The molecule has 0 bridgehead atoms. The Hall–Kier alpha value is -2.16. The quantitative estimate of drug-likeness (QED) is 0.899. The topological polar surface area (TPSA) is 80.1 Å². The lowest BCUT2D eigenvalue weighted by molar-refractivity contribution is -0.00983. The number of morpholine rings is 1. The number of rotatable bonds is 3. The van der Waals surface area contributed by atoms with E-state index < -0.39 is 0 Å². The van der Waals surface area contributed by atoms with Gasteiger partial charge in [0.25, 0.3) is 0 Å². The molecular formula is C18H24N4O4. The van der Waals surface area contributed by atoms with Crippen LogP contribution in [0, 0.1) is 0 Å². The van der Waals surface area contributed by atoms with Crippen LogP contribution in [0.5, 0.6) is 0 Å². The van der Waals surface area contributed by atoms with E-state index in [9.17, 15) is 4.79 Å². The van der Waals surface area contributed by atoms with Gasteiger partial charge in [-0.15, -0.1) is 0 Å². The lowest BCUT2D eigenvalue weighted by Gasteiger charge is -2.31. The van der Waals surface area contributed by atoms with Gasteiger partial charge in [0.1, 0.15) is 0 Å². The highest BCUT2D eigenvalue weighted by Crippen LogP contribution is 2.19. The third-order valence-corrected chi connectivity index (χ3v) is 4.81. The Morgan fingerprint density at radius 1 is 1.23 bits per heavy atom. The van der Waals surface area contributed by atoms with Gasteiger partial charge >= 0.3 is 6.03 Å². The highest BCUT2D eigenvalue weighted by Gasteiger charge is 2.25. The molecular weight excluding hydrogens is 336 g/mol. The smallest absolute Gasteiger partial charge is 0.321 e. The zero-order chi connectivity index (χ0) is 17.8. The number of hydrogen-bond acceptors (Lipinski definition) is 6. The SMILES string of the molecule is O=C(Nc1ccc2cnoc2c1)N1CCCO[C@H](CN2CCOCC2)C1. The van der Waals surface area contributed by atoms with Crippen LogP contribution in [0.25, 0.3) is 11.0 Å². The van der Waals surface area contributed by atoms with Crippen LogP contribution in [0.15, 0.2) is 28.9 Å². The van der Waals surface area contributed by atoms with Crippen molar-refractivity contribution < 1.29 is 18.8 Å². The molecule has 1 aromatic heterocycles.